The molecule has 0 aliphatic carbocycles. The second-order valence-corrected chi connectivity index (χ2v) is 6.10. The van der Waals surface area contributed by atoms with Gasteiger partial charge in [-0.1, -0.05) is 12.1 Å². The zero-order valence-electron chi connectivity index (χ0n) is 13.2. The largest absolute Gasteiger partial charge is 0.480 e. The molecule has 3 aromatic rings. The Bertz CT molecular complexity index is 972. The molecule has 2 aromatic carbocycles. The highest BCUT2D eigenvalue weighted by molar-refractivity contribution is 7.13. The lowest BCUT2D eigenvalue weighted by Crippen LogP contribution is -2.10. The summed E-state index contributed by atoms with van der Waals surface area (Å²) in [7, 11) is 0. The van der Waals surface area contributed by atoms with Crippen molar-refractivity contribution in [3.8, 4) is 16.3 Å². The molecule has 0 bridgehead atoms. The van der Waals surface area contributed by atoms with Crippen molar-refractivity contribution < 1.29 is 18.8 Å². The molecule has 0 atom stereocenters. The van der Waals surface area contributed by atoms with Gasteiger partial charge in [0.15, 0.2) is 5.75 Å². The van der Waals surface area contributed by atoms with Crippen molar-refractivity contribution in [2.24, 2.45) is 5.73 Å². The smallest absolute Gasteiger partial charge is 0.311 e. The first kappa shape index (κ1) is 17.5. The van der Waals surface area contributed by atoms with Crippen LogP contribution >= 0.6 is 11.3 Å². The van der Waals surface area contributed by atoms with Gasteiger partial charge in [-0.2, -0.15) is 0 Å². The zero-order valence-corrected chi connectivity index (χ0v) is 14.0. The highest BCUT2D eigenvalue weighted by Gasteiger charge is 2.16. The monoisotopic (exact) mass is 373 g/mol. The molecule has 0 fully saturated rings. The number of primary amides is 1. The molecule has 26 heavy (non-hydrogen) atoms. The first-order chi connectivity index (χ1) is 12.4. The molecule has 1 heterocycles. The molecule has 1 amide bonds. The van der Waals surface area contributed by atoms with Crippen LogP contribution in [-0.4, -0.2) is 15.8 Å². The Labute approximate surface area is 151 Å². The Balaban J connectivity index is 1.74. The highest BCUT2D eigenvalue weighted by Crippen LogP contribution is 2.29. The van der Waals surface area contributed by atoms with E-state index in [-0.39, 0.29) is 18.0 Å². The van der Waals surface area contributed by atoms with E-state index < -0.39 is 16.6 Å². The third-order valence-corrected chi connectivity index (χ3v) is 4.40. The molecule has 9 heteroatoms. The highest BCUT2D eigenvalue weighted by atomic mass is 32.1. The molecule has 0 aliphatic heterocycles. The molecule has 3 rings (SSSR count). The quantitative estimate of drug-likeness (QED) is 0.525. The summed E-state index contributed by atoms with van der Waals surface area (Å²) < 4.78 is 18.7. The molecule has 0 radical (unpaired) electrons. The average molecular weight is 373 g/mol. The third kappa shape index (κ3) is 3.83. The van der Waals surface area contributed by atoms with E-state index in [2.05, 4.69) is 4.98 Å². The van der Waals surface area contributed by atoms with Crippen LogP contribution in [0.1, 0.15) is 16.1 Å². The number of hydrogen-bond donors (Lipinski definition) is 1. The van der Waals surface area contributed by atoms with Gasteiger partial charge < -0.3 is 10.5 Å². The Morgan fingerprint density at radius 2 is 2.00 bits per heavy atom. The van der Waals surface area contributed by atoms with E-state index in [0.717, 1.165) is 23.8 Å². The van der Waals surface area contributed by atoms with E-state index in [1.807, 2.05) is 0 Å². The van der Waals surface area contributed by atoms with Gasteiger partial charge in [-0.3, -0.25) is 14.9 Å². The molecular weight excluding hydrogens is 361 g/mol. The van der Waals surface area contributed by atoms with E-state index in [1.165, 1.54) is 11.3 Å². The van der Waals surface area contributed by atoms with Crippen LogP contribution in [0.5, 0.6) is 5.75 Å². The summed E-state index contributed by atoms with van der Waals surface area (Å²) in [6.45, 7) is -0.0415. The van der Waals surface area contributed by atoms with Crippen molar-refractivity contribution in [2.75, 3.05) is 0 Å². The van der Waals surface area contributed by atoms with Gasteiger partial charge in [0, 0.05) is 28.6 Å². The summed E-state index contributed by atoms with van der Waals surface area (Å²) in [6, 6.07) is 9.67. The van der Waals surface area contributed by atoms with Crippen molar-refractivity contribution in [2.45, 2.75) is 6.61 Å². The molecule has 0 aliphatic rings. The molecule has 7 nitrogen and oxygen atoms in total. The molecule has 0 saturated carbocycles. The molecule has 1 aromatic heterocycles. The number of nitrogens with zero attached hydrogens (tertiary/aromatic N) is 2. The van der Waals surface area contributed by atoms with Gasteiger partial charge >= 0.3 is 5.69 Å². The van der Waals surface area contributed by atoms with E-state index in [1.54, 1.807) is 29.6 Å². The second kappa shape index (κ2) is 7.28. The van der Waals surface area contributed by atoms with Crippen molar-refractivity contribution in [1.29, 1.82) is 0 Å². The van der Waals surface area contributed by atoms with Crippen LogP contribution in [0, 0.1) is 15.9 Å². The Morgan fingerprint density at radius 3 is 2.65 bits per heavy atom. The van der Waals surface area contributed by atoms with Crippen LogP contribution in [0.3, 0.4) is 0 Å². The minimum Gasteiger partial charge on any atom is -0.480 e. The summed E-state index contributed by atoms with van der Waals surface area (Å²) in [5.74, 6) is -1.30. The SMILES string of the molecule is NC(=O)c1ccc(-c2nc(COc3cc(F)ccc3[N+](=O)[O-])cs2)cc1. The summed E-state index contributed by atoms with van der Waals surface area (Å²) in [6.07, 6.45) is 0. The summed E-state index contributed by atoms with van der Waals surface area (Å²) in [4.78, 5) is 25.8. The van der Waals surface area contributed by atoms with E-state index in [0.29, 0.717) is 16.3 Å². The van der Waals surface area contributed by atoms with Gasteiger partial charge in [0.2, 0.25) is 5.91 Å². The number of nitrogens with two attached hydrogens (primary N) is 1. The van der Waals surface area contributed by atoms with Gasteiger partial charge in [0.05, 0.1) is 10.6 Å². The summed E-state index contributed by atoms with van der Waals surface area (Å²) >= 11 is 1.35. The fourth-order valence-electron chi connectivity index (χ4n) is 2.19. The van der Waals surface area contributed by atoms with Crippen molar-refractivity contribution in [3.63, 3.8) is 0 Å². The second-order valence-electron chi connectivity index (χ2n) is 5.24. The number of thiazole rings is 1. The van der Waals surface area contributed by atoms with Gasteiger partial charge in [-0.05, 0) is 18.2 Å². The molecule has 2 N–H and O–H groups in total. The van der Waals surface area contributed by atoms with Crippen LogP contribution in [0.25, 0.3) is 10.6 Å². The maximum absolute atomic E-state index is 13.3. The topological polar surface area (TPSA) is 108 Å². The van der Waals surface area contributed by atoms with Crippen LogP contribution < -0.4 is 10.5 Å². The standard InChI is InChI=1S/C17H12FN3O4S/c18-12-5-6-14(21(23)24)15(7-12)25-8-13-9-26-17(20-13)11-3-1-10(2-4-11)16(19)22/h1-7,9H,8H2,(H2,19,22). The third-order valence-electron chi connectivity index (χ3n) is 3.46. The Hall–Kier alpha value is -3.33. The fraction of sp³-hybridized carbons (Fsp3) is 0.0588. The number of carbonyl (C=O) groups is 1. The molecular formula is C17H12FN3O4S. The Kier molecular flexibility index (Phi) is 4.90. The predicted octanol–water partition coefficient (Wildman–Crippen LogP) is 3.54. The maximum Gasteiger partial charge on any atom is 0.311 e. The van der Waals surface area contributed by atoms with Gasteiger partial charge in [0.1, 0.15) is 17.4 Å². The number of benzene rings is 2. The number of nitro benzene ring substituents is 1. The number of halogens is 1. The lowest BCUT2D eigenvalue weighted by molar-refractivity contribution is -0.386. The first-order valence-electron chi connectivity index (χ1n) is 7.35. The number of carbonyl (C=O) groups excluding carboxylic acids is 1. The number of nitro groups is 1. The Morgan fingerprint density at radius 1 is 1.27 bits per heavy atom. The lowest BCUT2D eigenvalue weighted by atomic mass is 10.1. The zero-order chi connectivity index (χ0) is 18.7. The predicted molar refractivity (Wildman–Crippen MR) is 93.5 cm³/mol. The lowest BCUT2D eigenvalue weighted by Gasteiger charge is -2.05. The number of amides is 1. The first-order valence-corrected chi connectivity index (χ1v) is 8.23. The minimum atomic E-state index is -0.637. The average Bonchev–Trinajstić information content (AvgIpc) is 3.09. The van der Waals surface area contributed by atoms with Crippen LogP contribution in [0.2, 0.25) is 0 Å². The van der Waals surface area contributed by atoms with E-state index >= 15 is 0 Å². The normalized spacial score (nSPS) is 10.5. The van der Waals surface area contributed by atoms with Crippen LogP contribution in [-0.2, 0) is 6.61 Å². The summed E-state index contributed by atoms with van der Waals surface area (Å²) in [5, 5.41) is 13.4. The van der Waals surface area contributed by atoms with Crippen molar-refractivity contribution in [3.05, 3.63) is 75.0 Å². The van der Waals surface area contributed by atoms with Gasteiger partial charge in [-0.15, -0.1) is 11.3 Å². The molecule has 0 unspecified atom stereocenters. The minimum absolute atomic E-state index is 0.0415. The number of aromatic nitrogens is 1. The van der Waals surface area contributed by atoms with Crippen LogP contribution in [0.4, 0.5) is 10.1 Å². The summed E-state index contributed by atoms with van der Waals surface area (Å²) in [5.41, 5.74) is 6.62. The number of hydrogen-bond acceptors (Lipinski definition) is 6. The van der Waals surface area contributed by atoms with Gasteiger partial charge in [0.25, 0.3) is 0 Å². The van der Waals surface area contributed by atoms with Gasteiger partial charge in [-0.25, -0.2) is 9.37 Å². The van der Waals surface area contributed by atoms with Crippen LogP contribution in [0.15, 0.2) is 47.8 Å². The molecule has 132 valence electrons. The van der Waals surface area contributed by atoms with Crippen molar-refractivity contribution >= 4 is 22.9 Å². The maximum atomic E-state index is 13.3. The fourth-order valence-corrected chi connectivity index (χ4v) is 3.00. The van der Waals surface area contributed by atoms with Crippen molar-refractivity contribution in [1.82, 2.24) is 4.98 Å². The number of rotatable bonds is 6. The molecule has 0 saturated heterocycles. The number of ether oxygens (including phenoxy) is 1. The molecule has 0 spiro atoms. The van der Waals surface area contributed by atoms with E-state index in [4.69, 9.17) is 10.5 Å². The van der Waals surface area contributed by atoms with E-state index in [9.17, 15) is 19.3 Å².